The van der Waals surface area contributed by atoms with Gasteiger partial charge in [0.2, 0.25) is 11.8 Å². The standard InChI is InChI=1S/C24H32N2O.C17H27BN2O2.CH4/c1-3-24(27)26(23-14-8-5-9-15-23)20(2)22-13-10-17-25(19-22)18-16-21-11-6-4-7-12-21;1-4-17(21)20(16-10-6-5-7-11-16)14(2)15-9-8-12-19(13-15)18(3)22;/h4-9,11-12,14-15,20,22H,3,10,13,16-19H2,1-2H3;5-7,10-11,14-15,22H,4,8-9,12-13H2,1-3H3;1H4. The third-order valence-electron chi connectivity index (χ3n) is 10.5. The number of carbonyl (C=O) groups excluding carboxylic acids is 2. The molecular weight excluding hydrogens is 619 g/mol. The van der Waals surface area contributed by atoms with Gasteiger partial charge in [0.05, 0.1) is 0 Å². The summed E-state index contributed by atoms with van der Waals surface area (Å²) in [6.45, 7) is 15.2. The third kappa shape index (κ3) is 11.5. The number of rotatable bonds is 12. The average Bonchev–Trinajstić information content (AvgIpc) is 3.15. The van der Waals surface area contributed by atoms with Crippen molar-refractivity contribution in [2.75, 3.05) is 42.5 Å². The summed E-state index contributed by atoms with van der Waals surface area (Å²) in [6.07, 6.45) is 6.73. The molecule has 5 rings (SSSR count). The van der Waals surface area contributed by atoms with Crippen LogP contribution in [0.1, 0.15) is 79.2 Å². The molecule has 4 unspecified atom stereocenters. The van der Waals surface area contributed by atoms with Gasteiger partial charge in [-0.05, 0) is 114 Å². The number of para-hydroxylation sites is 2. The van der Waals surface area contributed by atoms with E-state index < -0.39 is 7.05 Å². The van der Waals surface area contributed by atoms with Crippen LogP contribution in [-0.4, -0.2) is 78.4 Å². The van der Waals surface area contributed by atoms with E-state index in [0.717, 1.165) is 56.8 Å². The molecule has 3 aromatic carbocycles. The van der Waals surface area contributed by atoms with Gasteiger partial charge >= 0.3 is 7.05 Å². The number of hydrogen-bond acceptors (Lipinski definition) is 5. The van der Waals surface area contributed by atoms with Crippen molar-refractivity contribution < 1.29 is 14.6 Å². The molecule has 3 aromatic rings. The number of amides is 2. The quantitative estimate of drug-likeness (QED) is 0.196. The highest BCUT2D eigenvalue weighted by molar-refractivity contribution is 6.45. The lowest BCUT2D eigenvalue weighted by Crippen LogP contribution is -2.51. The van der Waals surface area contributed by atoms with E-state index in [1.54, 1.807) is 0 Å². The molecule has 4 atom stereocenters. The summed E-state index contributed by atoms with van der Waals surface area (Å²) in [7, 11) is -0.415. The highest BCUT2D eigenvalue weighted by atomic mass is 16.2. The number of carbonyl (C=O) groups is 2. The summed E-state index contributed by atoms with van der Waals surface area (Å²) in [5.41, 5.74) is 3.40. The second-order valence-corrected chi connectivity index (χ2v) is 13.9. The Labute approximate surface area is 303 Å². The minimum absolute atomic E-state index is 0. The molecule has 2 amide bonds. The predicted octanol–water partition coefficient (Wildman–Crippen LogP) is 8.05. The molecule has 7 nitrogen and oxygen atoms in total. The van der Waals surface area contributed by atoms with Crippen LogP contribution in [0.25, 0.3) is 0 Å². The van der Waals surface area contributed by atoms with Crippen LogP contribution in [0.15, 0.2) is 91.0 Å². The zero-order valence-corrected chi connectivity index (χ0v) is 30.6. The largest absolute Gasteiger partial charge is 0.437 e. The molecule has 0 saturated carbocycles. The second-order valence-electron chi connectivity index (χ2n) is 13.9. The summed E-state index contributed by atoms with van der Waals surface area (Å²) in [6, 6.07) is 31.2. The van der Waals surface area contributed by atoms with Gasteiger partial charge in [0.15, 0.2) is 0 Å². The van der Waals surface area contributed by atoms with Gasteiger partial charge < -0.3 is 24.5 Å². The van der Waals surface area contributed by atoms with Crippen molar-refractivity contribution in [3.63, 3.8) is 0 Å². The third-order valence-corrected chi connectivity index (χ3v) is 10.5. The molecule has 0 radical (unpaired) electrons. The molecule has 8 heteroatoms. The Morgan fingerprint density at radius 2 is 1.18 bits per heavy atom. The first-order valence-corrected chi connectivity index (χ1v) is 18.7. The molecule has 1 N–H and O–H groups in total. The van der Waals surface area contributed by atoms with Crippen molar-refractivity contribution in [2.45, 2.75) is 99.0 Å². The van der Waals surface area contributed by atoms with Crippen LogP contribution in [0.2, 0.25) is 6.82 Å². The molecule has 50 heavy (non-hydrogen) atoms. The van der Waals surface area contributed by atoms with Crippen LogP contribution in [0.4, 0.5) is 11.4 Å². The molecule has 0 aliphatic carbocycles. The van der Waals surface area contributed by atoms with Crippen LogP contribution >= 0.6 is 0 Å². The normalized spacial score (nSPS) is 19.2. The van der Waals surface area contributed by atoms with Gasteiger partial charge in [-0.3, -0.25) is 9.59 Å². The lowest BCUT2D eigenvalue weighted by Gasteiger charge is -2.41. The molecule has 2 fully saturated rings. The Hall–Kier alpha value is -3.46. The maximum absolute atomic E-state index is 12.7. The first kappa shape index (κ1) is 41.0. The van der Waals surface area contributed by atoms with Crippen molar-refractivity contribution in [1.29, 1.82) is 0 Å². The molecule has 2 aliphatic heterocycles. The Morgan fingerprint density at radius 1 is 0.740 bits per heavy atom. The van der Waals surface area contributed by atoms with Gasteiger partial charge in [-0.1, -0.05) is 88.0 Å². The van der Waals surface area contributed by atoms with Crippen molar-refractivity contribution in [3.8, 4) is 0 Å². The Morgan fingerprint density at radius 3 is 1.64 bits per heavy atom. The SMILES string of the molecule is C.CCC(=O)N(c1ccccc1)C(C)C1CCCN(B(C)O)C1.CCC(=O)N(c1ccccc1)C(C)C1CCCN(CCc2ccccc2)C1. The molecule has 2 aliphatic rings. The maximum Gasteiger partial charge on any atom is 0.376 e. The number of benzene rings is 3. The fraction of sp³-hybridized carbons (Fsp3) is 0.524. The molecular formula is C42H63BN4O3. The van der Waals surface area contributed by atoms with Gasteiger partial charge in [-0.2, -0.15) is 0 Å². The molecule has 272 valence electrons. The zero-order valence-electron chi connectivity index (χ0n) is 30.6. The van der Waals surface area contributed by atoms with E-state index in [9.17, 15) is 14.6 Å². The summed E-state index contributed by atoms with van der Waals surface area (Å²) >= 11 is 0. The van der Waals surface area contributed by atoms with E-state index in [0.29, 0.717) is 24.7 Å². The average molecular weight is 683 g/mol. The van der Waals surface area contributed by atoms with E-state index >= 15 is 0 Å². The Bertz CT molecular complexity index is 1390. The summed E-state index contributed by atoms with van der Waals surface area (Å²) in [5, 5.41) is 9.83. The summed E-state index contributed by atoms with van der Waals surface area (Å²) in [4.78, 5) is 33.8. The number of likely N-dealkylation sites (tertiary alicyclic amines) is 1. The van der Waals surface area contributed by atoms with Crippen LogP contribution in [-0.2, 0) is 16.0 Å². The van der Waals surface area contributed by atoms with Crippen molar-refractivity contribution in [3.05, 3.63) is 96.6 Å². The lowest BCUT2D eigenvalue weighted by molar-refractivity contribution is -0.119. The molecule has 2 saturated heterocycles. The van der Waals surface area contributed by atoms with Crippen molar-refractivity contribution in [2.24, 2.45) is 11.8 Å². The zero-order chi connectivity index (χ0) is 35.2. The number of nitrogens with zero attached hydrogens (tertiary/aromatic N) is 4. The summed E-state index contributed by atoms with van der Waals surface area (Å²) < 4.78 is 0. The van der Waals surface area contributed by atoms with Crippen molar-refractivity contribution in [1.82, 2.24) is 9.71 Å². The van der Waals surface area contributed by atoms with Gasteiger partial charge in [0.1, 0.15) is 0 Å². The minimum Gasteiger partial charge on any atom is -0.437 e. The topological polar surface area (TPSA) is 67.3 Å². The smallest absolute Gasteiger partial charge is 0.376 e. The van der Waals surface area contributed by atoms with Crippen LogP contribution in [0, 0.1) is 11.8 Å². The monoisotopic (exact) mass is 682 g/mol. The van der Waals surface area contributed by atoms with E-state index in [1.165, 1.54) is 24.9 Å². The number of hydrogen-bond donors (Lipinski definition) is 1. The number of piperidine rings is 2. The second kappa shape index (κ2) is 21.0. The number of anilines is 2. The van der Waals surface area contributed by atoms with Crippen LogP contribution < -0.4 is 9.80 Å². The predicted molar refractivity (Wildman–Crippen MR) is 212 cm³/mol. The maximum atomic E-state index is 12.7. The lowest BCUT2D eigenvalue weighted by atomic mass is 9.79. The van der Waals surface area contributed by atoms with Gasteiger partial charge in [0, 0.05) is 49.4 Å². The van der Waals surface area contributed by atoms with E-state index in [4.69, 9.17) is 0 Å². The van der Waals surface area contributed by atoms with E-state index in [1.807, 2.05) is 79.0 Å². The first-order valence-electron chi connectivity index (χ1n) is 18.7. The van der Waals surface area contributed by atoms with Gasteiger partial charge in [0.25, 0.3) is 0 Å². The molecule has 0 spiro atoms. The van der Waals surface area contributed by atoms with Crippen LogP contribution in [0.5, 0.6) is 0 Å². The molecule has 0 bridgehead atoms. The Balaban J connectivity index is 0.000000271. The van der Waals surface area contributed by atoms with Crippen LogP contribution in [0.3, 0.4) is 0 Å². The first-order chi connectivity index (χ1) is 23.7. The highest BCUT2D eigenvalue weighted by Crippen LogP contribution is 2.29. The fourth-order valence-corrected chi connectivity index (χ4v) is 7.55. The molecule has 0 aromatic heterocycles. The molecule has 2 heterocycles. The van der Waals surface area contributed by atoms with Gasteiger partial charge in [-0.25, -0.2) is 0 Å². The summed E-state index contributed by atoms with van der Waals surface area (Å²) in [5.74, 6) is 1.28. The van der Waals surface area contributed by atoms with E-state index in [-0.39, 0.29) is 31.3 Å². The van der Waals surface area contributed by atoms with Gasteiger partial charge in [-0.15, -0.1) is 0 Å². The highest BCUT2D eigenvalue weighted by Gasteiger charge is 2.33. The minimum atomic E-state index is -0.415. The Kier molecular flexibility index (Phi) is 17.2. The van der Waals surface area contributed by atoms with E-state index in [2.05, 4.69) is 66.0 Å². The fourth-order valence-electron chi connectivity index (χ4n) is 7.55. The van der Waals surface area contributed by atoms with Crippen molar-refractivity contribution >= 4 is 30.2 Å².